The molecule has 0 radical (unpaired) electrons. The Morgan fingerprint density at radius 1 is 1.17 bits per heavy atom. The van der Waals surface area contributed by atoms with Gasteiger partial charge in [-0.05, 0) is 36.8 Å². The first-order valence-electron chi connectivity index (χ1n) is 5.33. The third-order valence-electron chi connectivity index (χ3n) is 2.36. The van der Waals surface area contributed by atoms with Crippen LogP contribution in [0.1, 0.15) is 18.6 Å². The molecule has 0 aliphatic rings. The molecule has 0 spiro atoms. The largest absolute Gasteiger partial charge is 0.389 e. The molecule has 0 fully saturated rings. The van der Waals surface area contributed by atoms with E-state index in [9.17, 15) is 13.9 Å². The number of rotatable bonds is 3. The van der Waals surface area contributed by atoms with Crippen LogP contribution in [0.15, 0.2) is 46.5 Å². The molecule has 1 N–H and O–H groups in total. The van der Waals surface area contributed by atoms with E-state index in [0.29, 0.717) is 15.5 Å². The Morgan fingerprint density at radius 3 is 2.50 bits per heavy atom. The summed E-state index contributed by atoms with van der Waals surface area (Å²) in [4.78, 5) is 4.71. The zero-order valence-electron chi connectivity index (χ0n) is 9.60. The van der Waals surface area contributed by atoms with Gasteiger partial charge in [0.05, 0.1) is 6.10 Å². The van der Waals surface area contributed by atoms with Gasteiger partial charge in [-0.25, -0.2) is 13.8 Å². The molecule has 2 rings (SSSR count). The Kier molecular flexibility index (Phi) is 3.93. The molecule has 5 heteroatoms. The molecule has 2 aromatic rings. The van der Waals surface area contributed by atoms with Crippen molar-refractivity contribution in [3.63, 3.8) is 0 Å². The smallest absolute Gasteiger partial charge is 0.159 e. The number of halogens is 2. The number of hydrogen-bond donors (Lipinski definition) is 1. The molecule has 1 atom stereocenters. The van der Waals surface area contributed by atoms with Gasteiger partial charge >= 0.3 is 0 Å². The van der Waals surface area contributed by atoms with Crippen molar-refractivity contribution in [1.82, 2.24) is 4.98 Å². The molecule has 1 aromatic heterocycles. The van der Waals surface area contributed by atoms with Crippen LogP contribution in [0.2, 0.25) is 0 Å². The summed E-state index contributed by atoms with van der Waals surface area (Å²) in [6, 6.07) is 7.19. The predicted octanol–water partition coefficient (Wildman–Crippen LogP) is 3.56. The first-order chi connectivity index (χ1) is 8.56. The lowest BCUT2D eigenvalue weighted by molar-refractivity contribution is 0.198. The minimum atomic E-state index is -0.874. The van der Waals surface area contributed by atoms with Crippen molar-refractivity contribution < 1.29 is 13.9 Å². The van der Waals surface area contributed by atoms with Crippen LogP contribution in [0.4, 0.5) is 8.78 Å². The summed E-state index contributed by atoms with van der Waals surface area (Å²) in [6.07, 6.45) is 0.993. The second-order valence-electron chi connectivity index (χ2n) is 3.78. The molecule has 1 aromatic carbocycles. The zero-order chi connectivity index (χ0) is 13.1. The average molecular weight is 267 g/mol. The number of hydrogen-bond acceptors (Lipinski definition) is 3. The van der Waals surface area contributed by atoms with E-state index in [-0.39, 0.29) is 0 Å². The summed E-state index contributed by atoms with van der Waals surface area (Å²) in [5, 5.41) is 9.99. The Bertz CT molecular complexity index is 543. The standard InChI is InChI=1S/C13H11F2NOS/c1-8(17)9-2-5-13(16-7-9)18-10-3-4-11(14)12(15)6-10/h2-8,17H,1H3/t8-/m1/s1. The van der Waals surface area contributed by atoms with E-state index in [0.717, 1.165) is 12.1 Å². The molecule has 1 heterocycles. The molecule has 2 nitrogen and oxygen atoms in total. The summed E-state index contributed by atoms with van der Waals surface area (Å²) < 4.78 is 25.8. The van der Waals surface area contributed by atoms with Crippen LogP contribution in [0.5, 0.6) is 0 Å². The molecule has 0 aliphatic heterocycles. The molecule has 0 amide bonds. The lowest BCUT2D eigenvalue weighted by atomic mass is 10.2. The lowest BCUT2D eigenvalue weighted by Gasteiger charge is -2.05. The number of aromatic nitrogens is 1. The van der Waals surface area contributed by atoms with Gasteiger partial charge < -0.3 is 5.11 Å². The van der Waals surface area contributed by atoms with Gasteiger partial charge in [-0.1, -0.05) is 17.8 Å². The number of pyridine rings is 1. The Balaban J connectivity index is 2.15. The summed E-state index contributed by atoms with van der Waals surface area (Å²) in [5.41, 5.74) is 0.713. The highest BCUT2D eigenvalue weighted by Crippen LogP contribution is 2.27. The van der Waals surface area contributed by atoms with Gasteiger partial charge in [0.25, 0.3) is 0 Å². The highest BCUT2D eigenvalue weighted by atomic mass is 32.2. The maximum Gasteiger partial charge on any atom is 0.159 e. The predicted molar refractivity (Wildman–Crippen MR) is 65.4 cm³/mol. The van der Waals surface area contributed by atoms with E-state index < -0.39 is 17.7 Å². The van der Waals surface area contributed by atoms with Gasteiger partial charge in [0.15, 0.2) is 11.6 Å². The third kappa shape index (κ3) is 3.05. The summed E-state index contributed by atoms with van der Waals surface area (Å²) in [6.45, 7) is 1.65. The minimum absolute atomic E-state index is 0.570. The van der Waals surface area contributed by atoms with E-state index in [2.05, 4.69) is 4.98 Å². The van der Waals surface area contributed by atoms with Gasteiger partial charge in [-0.15, -0.1) is 0 Å². The van der Waals surface area contributed by atoms with Gasteiger partial charge in [-0.2, -0.15) is 0 Å². The van der Waals surface area contributed by atoms with Crippen molar-refractivity contribution in [3.8, 4) is 0 Å². The normalized spacial score (nSPS) is 12.4. The second-order valence-corrected chi connectivity index (χ2v) is 4.88. The van der Waals surface area contributed by atoms with E-state index >= 15 is 0 Å². The quantitative estimate of drug-likeness (QED) is 0.923. The Labute approximate surface area is 108 Å². The summed E-state index contributed by atoms with van der Waals surface area (Å²) in [5.74, 6) is -1.74. The Morgan fingerprint density at radius 2 is 1.94 bits per heavy atom. The highest BCUT2D eigenvalue weighted by Gasteiger charge is 2.06. The van der Waals surface area contributed by atoms with E-state index in [1.165, 1.54) is 17.8 Å². The number of benzene rings is 1. The average Bonchev–Trinajstić information content (AvgIpc) is 2.34. The van der Waals surface area contributed by atoms with Gasteiger partial charge in [-0.3, -0.25) is 0 Å². The Hall–Kier alpha value is -1.46. The molecule has 0 bridgehead atoms. The maximum atomic E-state index is 13.0. The number of nitrogens with zero attached hydrogens (tertiary/aromatic N) is 1. The van der Waals surface area contributed by atoms with Gasteiger partial charge in [0.1, 0.15) is 5.03 Å². The van der Waals surface area contributed by atoms with E-state index in [1.807, 2.05) is 0 Å². The monoisotopic (exact) mass is 267 g/mol. The van der Waals surface area contributed by atoms with Crippen molar-refractivity contribution in [2.75, 3.05) is 0 Å². The zero-order valence-corrected chi connectivity index (χ0v) is 10.4. The van der Waals surface area contributed by atoms with Crippen molar-refractivity contribution in [2.45, 2.75) is 22.9 Å². The fraction of sp³-hybridized carbons (Fsp3) is 0.154. The number of aliphatic hydroxyl groups is 1. The molecule has 94 valence electrons. The van der Waals surface area contributed by atoms with E-state index in [1.54, 1.807) is 25.3 Å². The highest BCUT2D eigenvalue weighted by molar-refractivity contribution is 7.99. The summed E-state index contributed by atoms with van der Waals surface area (Å²) >= 11 is 1.23. The van der Waals surface area contributed by atoms with Crippen molar-refractivity contribution in [1.29, 1.82) is 0 Å². The molecular formula is C13H11F2NOS. The van der Waals surface area contributed by atoms with Gasteiger partial charge in [0.2, 0.25) is 0 Å². The molecule has 0 saturated heterocycles. The summed E-state index contributed by atoms with van der Waals surface area (Å²) in [7, 11) is 0. The fourth-order valence-corrected chi connectivity index (χ4v) is 2.14. The van der Waals surface area contributed by atoms with Gasteiger partial charge in [0, 0.05) is 11.1 Å². The molecule has 0 unspecified atom stereocenters. The van der Waals surface area contributed by atoms with Crippen LogP contribution >= 0.6 is 11.8 Å². The lowest BCUT2D eigenvalue weighted by Crippen LogP contribution is -1.92. The van der Waals surface area contributed by atoms with Crippen molar-refractivity contribution >= 4 is 11.8 Å². The minimum Gasteiger partial charge on any atom is -0.389 e. The fourth-order valence-electron chi connectivity index (χ4n) is 1.36. The first-order valence-corrected chi connectivity index (χ1v) is 6.15. The van der Waals surface area contributed by atoms with Crippen LogP contribution in [-0.2, 0) is 0 Å². The molecule has 0 aliphatic carbocycles. The third-order valence-corrected chi connectivity index (χ3v) is 3.30. The second kappa shape index (κ2) is 5.46. The molecular weight excluding hydrogens is 256 g/mol. The van der Waals surface area contributed by atoms with Crippen molar-refractivity contribution in [3.05, 3.63) is 53.7 Å². The number of aliphatic hydroxyl groups excluding tert-OH is 1. The van der Waals surface area contributed by atoms with Crippen molar-refractivity contribution in [2.24, 2.45) is 0 Å². The first kappa shape index (κ1) is 13.0. The van der Waals surface area contributed by atoms with Crippen LogP contribution in [0.3, 0.4) is 0 Å². The van der Waals surface area contributed by atoms with Crippen LogP contribution < -0.4 is 0 Å². The SMILES string of the molecule is C[C@@H](O)c1ccc(Sc2ccc(F)c(F)c2)nc1. The van der Waals surface area contributed by atoms with Crippen LogP contribution in [0, 0.1) is 11.6 Å². The molecule has 0 saturated carbocycles. The van der Waals surface area contributed by atoms with Crippen LogP contribution in [0.25, 0.3) is 0 Å². The topological polar surface area (TPSA) is 33.1 Å². The van der Waals surface area contributed by atoms with E-state index in [4.69, 9.17) is 0 Å². The molecule has 18 heavy (non-hydrogen) atoms. The maximum absolute atomic E-state index is 13.0. The van der Waals surface area contributed by atoms with Crippen LogP contribution in [-0.4, -0.2) is 10.1 Å².